The summed E-state index contributed by atoms with van der Waals surface area (Å²) in [4.78, 5) is 32.4. The summed E-state index contributed by atoms with van der Waals surface area (Å²) in [5, 5.41) is 20.6. The molecule has 0 aromatic heterocycles. The van der Waals surface area contributed by atoms with Gasteiger partial charge in [0.05, 0.1) is 24.1 Å². The topological polar surface area (TPSA) is 130 Å². The summed E-state index contributed by atoms with van der Waals surface area (Å²) in [7, 11) is 0. The Labute approximate surface area is 115 Å². The Kier molecular flexibility index (Phi) is 5.22. The van der Waals surface area contributed by atoms with E-state index in [4.69, 9.17) is 15.9 Å². The van der Waals surface area contributed by atoms with Gasteiger partial charge in [0.2, 0.25) is 0 Å². The molecule has 1 rings (SSSR count). The third kappa shape index (κ3) is 4.06. The third-order valence-electron chi connectivity index (χ3n) is 2.84. The highest BCUT2D eigenvalue weighted by Crippen LogP contribution is 2.19. The van der Waals surface area contributed by atoms with E-state index in [0.29, 0.717) is 12.0 Å². The van der Waals surface area contributed by atoms with Crippen molar-refractivity contribution < 1.29 is 24.6 Å². The first-order valence-corrected chi connectivity index (χ1v) is 5.88. The minimum atomic E-state index is -1.10. The van der Waals surface area contributed by atoms with Crippen LogP contribution in [0, 0.1) is 6.92 Å². The SMILES string of the molecule is Cc1ccc(C(=O)O)cc1NC(CC(=O)O)[C@H](N)C=O. The Morgan fingerprint density at radius 2 is 2.05 bits per heavy atom. The van der Waals surface area contributed by atoms with Gasteiger partial charge in [-0.05, 0) is 24.6 Å². The highest BCUT2D eigenvalue weighted by molar-refractivity contribution is 5.89. The zero-order valence-electron chi connectivity index (χ0n) is 10.9. The highest BCUT2D eigenvalue weighted by atomic mass is 16.4. The van der Waals surface area contributed by atoms with Gasteiger partial charge in [-0.3, -0.25) is 4.79 Å². The molecule has 0 spiro atoms. The molecule has 0 saturated heterocycles. The smallest absolute Gasteiger partial charge is 0.335 e. The average molecular weight is 280 g/mol. The number of hydrogen-bond donors (Lipinski definition) is 4. The number of anilines is 1. The first-order chi connectivity index (χ1) is 9.35. The molecule has 7 heteroatoms. The number of benzene rings is 1. The molecule has 1 unspecified atom stereocenters. The minimum absolute atomic E-state index is 0.0619. The predicted octanol–water partition coefficient (Wildman–Crippen LogP) is 0.475. The second-order valence-corrected chi connectivity index (χ2v) is 4.40. The van der Waals surface area contributed by atoms with E-state index in [-0.39, 0.29) is 12.0 Å². The Hall–Kier alpha value is -2.41. The third-order valence-corrected chi connectivity index (χ3v) is 2.84. The van der Waals surface area contributed by atoms with Crippen LogP contribution in [0.4, 0.5) is 5.69 Å². The van der Waals surface area contributed by atoms with Crippen LogP contribution in [0.3, 0.4) is 0 Å². The van der Waals surface area contributed by atoms with Crippen molar-refractivity contribution >= 4 is 23.9 Å². The van der Waals surface area contributed by atoms with Gasteiger partial charge in [0, 0.05) is 5.69 Å². The number of aliphatic carboxylic acids is 1. The fraction of sp³-hybridized carbons (Fsp3) is 0.308. The summed E-state index contributed by atoms with van der Waals surface area (Å²) in [6.45, 7) is 1.73. The molecule has 0 saturated carbocycles. The van der Waals surface area contributed by atoms with Gasteiger partial charge in [-0.1, -0.05) is 6.07 Å². The number of carboxylic acids is 2. The lowest BCUT2D eigenvalue weighted by atomic mass is 10.0. The molecule has 5 N–H and O–H groups in total. The maximum absolute atomic E-state index is 10.9. The van der Waals surface area contributed by atoms with Crippen molar-refractivity contribution in [3.8, 4) is 0 Å². The summed E-state index contributed by atoms with van der Waals surface area (Å²) in [5.74, 6) is -2.20. The lowest BCUT2D eigenvalue weighted by Crippen LogP contribution is -2.43. The predicted molar refractivity (Wildman–Crippen MR) is 71.8 cm³/mol. The summed E-state index contributed by atoms with van der Waals surface area (Å²) >= 11 is 0. The van der Waals surface area contributed by atoms with Crippen molar-refractivity contribution in [1.82, 2.24) is 0 Å². The second-order valence-electron chi connectivity index (χ2n) is 4.40. The molecule has 0 bridgehead atoms. The standard InChI is InChI=1S/C13H16N2O5/c1-7-2-3-8(13(19)20)4-10(7)15-11(5-12(17)18)9(14)6-16/h2-4,6,9,11,15H,5,14H2,1H3,(H,17,18)(H,19,20)/t9-,11?/m1/s1. The summed E-state index contributed by atoms with van der Waals surface area (Å²) in [6, 6.07) is 2.60. The number of carbonyl (C=O) groups is 3. The quantitative estimate of drug-likeness (QED) is 0.534. The number of hydrogen-bond acceptors (Lipinski definition) is 5. The van der Waals surface area contributed by atoms with Crippen LogP contribution in [0.1, 0.15) is 22.3 Å². The number of aldehydes is 1. The number of aryl methyl sites for hydroxylation is 1. The molecule has 0 aliphatic rings. The summed E-state index contributed by atoms with van der Waals surface area (Å²) < 4.78 is 0. The Balaban J connectivity index is 3.03. The number of nitrogens with two attached hydrogens (primary N) is 1. The number of aromatic carboxylic acids is 1. The van der Waals surface area contributed by atoms with Gasteiger partial charge >= 0.3 is 11.9 Å². The summed E-state index contributed by atoms with van der Waals surface area (Å²) in [5.41, 5.74) is 6.78. The average Bonchev–Trinajstić information content (AvgIpc) is 2.38. The van der Waals surface area contributed by atoms with E-state index in [1.54, 1.807) is 13.0 Å². The van der Waals surface area contributed by atoms with E-state index >= 15 is 0 Å². The van der Waals surface area contributed by atoms with Gasteiger partial charge in [0.15, 0.2) is 0 Å². The molecule has 20 heavy (non-hydrogen) atoms. The van der Waals surface area contributed by atoms with Crippen molar-refractivity contribution in [2.75, 3.05) is 5.32 Å². The van der Waals surface area contributed by atoms with Gasteiger partial charge in [-0.2, -0.15) is 0 Å². The van der Waals surface area contributed by atoms with E-state index in [9.17, 15) is 14.4 Å². The van der Waals surface area contributed by atoms with E-state index in [1.165, 1.54) is 12.1 Å². The molecule has 1 aromatic carbocycles. The Bertz CT molecular complexity index is 529. The molecule has 0 fully saturated rings. The van der Waals surface area contributed by atoms with Crippen LogP contribution < -0.4 is 11.1 Å². The van der Waals surface area contributed by atoms with Crippen LogP contribution in [0.15, 0.2) is 18.2 Å². The fourth-order valence-corrected chi connectivity index (χ4v) is 1.68. The van der Waals surface area contributed by atoms with Crippen molar-refractivity contribution in [2.45, 2.75) is 25.4 Å². The number of nitrogens with one attached hydrogen (secondary N) is 1. The molecule has 0 aliphatic heterocycles. The molecule has 7 nitrogen and oxygen atoms in total. The molecule has 108 valence electrons. The molecule has 2 atom stereocenters. The zero-order valence-corrected chi connectivity index (χ0v) is 10.9. The fourth-order valence-electron chi connectivity index (χ4n) is 1.68. The Morgan fingerprint density at radius 1 is 1.40 bits per heavy atom. The Morgan fingerprint density at radius 3 is 2.55 bits per heavy atom. The number of carboxylic acid groups (broad SMARTS) is 2. The first kappa shape index (κ1) is 15.6. The zero-order chi connectivity index (χ0) is 15.3. The van der Waals surface area contributed by atoms with Crippen molar-refractivity contribution in [3.63, 3.8) is 0 Å². The molecule has 0 amide bonds. The van der Waals surface area contributed by atoms with Crippen LogP contribution in [-0.4, -0.2) is 40.5 Å². The maximum atomic E-state index is 10.9. The highest BCUT2D eigenvalue weighted by Gasteiger charge is 2.21. The maximum Gasteiger partial charge on any atom is 0.335 e. The van der Waals surface area contributed by atoms with Crippen molar-refractivity contribution in [3.05, 3.63) is 29.3 Å². The van der Waals surface area contributed by atoms with Crippen LogP contribution in [0.2, 0.25) is 0 Å². The van der Waals surface area contributed by atoms with Crippen LogP contribution in [0.5, 0.6) is 0 Å². The van der Waals surface area contributed by atoms with Gasteiger partial charge in [-0.25, -0.2) is 4.79 Å². The molecule has 0 radical (unpaired) electrons. The van der Waals surface area contributed by atoms with Gasteiger partial charge in [-0.15, -0.1) is 0 Å². The normalized spacial score (nSPS) is 13.3. The van der Waals surface area contributed by atoms with Crippen molar-refractivity contribution in [2.24, 2.45) is 5.73 Å². The van der Waals surface area contributed by atoms with Crippen LogP contribution >= 0.6 is 0 Å². The van der Waals surface area contributed by atoms with Gasteiger partial charge in [0.25, 0.3) is 0 Å². The molecular formula is C13H16N2O5. The largest absolute Gasteiger partial charge is 0.481 e. The van der Waals surface area contributed by atoms with E-state index in [0.717, 1.165) is 5.56 Å². The molecule has 1 aromatic rings. The lowest BCUT2D eigenvalue weighted by Gasteiger charge is -2.22. The second kappa shape index (κ2) is 6.67. The van der Waals surface area contributed by atoms with Crippen molar-refractivity contribution in [1.29, 1.82) is 0 Å². The molecular weight excluding hydrogens is 264 g/mol. The summed E-state index contributed by atoms with van der Waals surface area (Å²) in [6.07, 6.45) is 0.105. The first-order valence-electron chi connectivity index (χ1n) is 5.88. The number of carbonyl (C=O) groups excluding carboxylic acids is 1. The van der Waals surface area contributed by atoms with E-state index in [1.807, 2.05) is 0 Å². The minimum Gasteiger partial charge on any atom is -0.481 e. The molecule has 0 heterocycles. The lowest BCUT2D eigenvalue weighted by molar-refractivity contribution is -0.137. The monoisotopic (exact) mass is 280 g/mol. The van der Waals surface area contributed by atoms with Gasteiger partial charge < -0.3 is 26.1 Å². The molecule has 0 aliphatic carbocycles. The van der Waals surface area contributed by atoms with E-state index < -0.39 is 24.0 Å². The number of rotatable bonds is 7. The van der Waals surface area contributed by atoms with Crippen LogP contribution in [-0.2, 0) is 9.59 Å². The van der Waals surface area contributed by atoms with Gasteiger partial charge in [0.1, 0.15) is 6.29 Å². The van der Waals surface area contributed by atoms with E-state index in [2.05, 4.69) is 5.32 Å². The van der Waals surface area contributed by atoms with Crippen LogP contribution in [0.25, 0.3) is 0 Å².